The third-order valence-electron chi connectivity index (χ3n) is 4.16. The van der Waals surface area contributed by atoms with E-state index in [1.54, 1.807) is 0 Å². The Bertz CT molecular complexity index is 688. The number of aryl methyl sites for hydroxylation is 1. The fourth-order valence-corrected chi connectivity index (χ4v) is 4.06. The first-order valence-electron chi connectivity index (χ1n) is 9.27. The van der Waals surface area contributed by atoms with Crippen LogP contribution in [0.2, 0.25) is 0 Å². The first-order valence-corrected chi connectivity index (χ1v) is 10.9. The highest BCUT2D eigenvalue weighted by Gasteiger charge is 2.09. The van der Waals surface area contributed by atoms with Gasteiger partial charge in [-0.25, -0.2) is 0 Å². The summed E-state index contributed by atoms with van der Waals surface area (Å²) in [7, 11) is 0. The average molecular weight is 481 g/mol. The molecule has 26 heavy (non-hydrogen) atoms. The molecule has 0 amide bonds. The van der Waals surface area contributed by atoms with E-state index in [-0.39, 0.29) is 0 Å². The first-order chi connectivity index (χ1) is 12.6. The minimum absolute atomic E-state index is 0.544. The van der Waals surface area contributed by atoms with Crippen LogP contribution in [0.15, 0.2) is 50.3 Å². The van der Waals surface area contributed by atoms with E-state index in [2.05, 4.69) is 87.1 Å². The van der Waals surface area contributed by atoms with Crippen LogP contribution in [-0.2, 0) is 6.61 Å². The van der Waals surface area contributed by atoms with Crippen LogP contribution in [-0.4, -0.2) is 12.8 Å². The number of hydrogen-bond donors (Lipinski definition) is 0. The second-order valence-corrected chi connectivity index (χ2v) is 8.25. The molecule has 0 saturated heterocycles. The number of unbranched alkanes of at least 4 members (excludes halogenated alkanes) is 4. The average Bonchev–Trinajstić information content (AvgIpc) is 2.62. The van der Waals surface area contributed by atoms with Crippen molar-refractivity contribution in [2.45, 2.75) is 52.6 Å². The summed E-state index contributed by atoms with van der Waals surface area (Å²) < 4.78 is 7.86. The van der Waals surface area contributed by atoms with Crippen molar-refractivity contribution in [2.75, 3.05) is 6.54 Å². The molecule has 0 aliphatic rings. The summed E-state index contributed by atoms with van der Waals surface area (Å²) in [5.74, 6) is 0.822. The summed E-state index contributed by atoms with van der Waals surface area (Å²) in [6.45, 7) is 5.76. The third-order valence-corrected chi connectivity index (χ3v) is 5.33. The van der Waals surface area contributed by atoms with Gasteiger partial charge in [-0.15, -0.1) is 0 Å². The van der Waals surface area contributed by atoms with Crippen LogP contribution in [0.3, 0.4) is 0 Å². The van der Waals surface area contributed by atoms with Crippen molar-refractivity contribution in [3.63, 3.8) is 0 Å². The van der Waals surface area contributed by atoms with Crippen LogP contribution in [0.25, 0.3) is 0 Å². The predicted molar refractivity (Wildman–Crippen MR) is 119 cm³/mol. The Morgan fingerprint density at radius 1 is 0.962 bits per heavy atom. The molecule has 2 aromatic carbocycles. The molecule has 0 aromatic heterocycles. The van der Waals surface area contributed by atoms with Crippen LogP contribution in [0.1, 0.15) is 55.7 Å². The molecule has 4 heteroatoms. The quantitative estimate of drug-likeness (QED) is 0.255. The molecule has 2 rings (SSSR count). The van der Waals surface area contributed by atoms with Crippen molar-refractivity contribution in [3.05, 3.63) is 62.0 Å². The zero-order valence-corrected chi connectivity index (χ0v) is 18.8. The SMILES string of the molecule is CCCCCCCN=Cc1cc(Br)c(OCc2ccc(C)cc2)c(Br)c1. The topological polar surface area (TPSA) is 21.6 Å². The van der Waals surface area contributed by atoms with Crippen LogP contribution in [0, 0.1) is 6.92 Å². The summed E-state index contributed by atoms with van der Waals surface area (Å²) >= 11 is 7.24. The van der Waals surface area contributed by atoms with E-state index in [1.165, 1.54) is 31.2 Å². The van der Waals surface area contributed by atoms with Gasteiger partial charge < -0.3 is 4.74 Å². The van der Waals surface area contributed by atoms with Crippen LogP contribution in [0.5, 0.6) is 5.75 Å². The van der Waals surface area contributed by atoms with Gasteiger partial charge in [-0.2, -0.15) is 0 Å². The number of aliphatic imine (C=N–C) groups is 1. The Labute approximate surface area is 174 Å². The highest BCUT2D eigenvalue weighted by atomic mass is 79.9. The minimum atomic E-state index is 0.544. The zero-order chi connectivity index (χ0) is 18.8. The lowest BCUT2D eigenvalue weighted by Crippen LogP contribution is -1.98. The molecule has 0 saturated carbocycles. The second-order valence-electron chi connectivity index (χ2n) is 6.54. The van der Waals surface area contributed by atoms with Gasteiger partial charge in [0.15, 0.2) is 0 Å². The molecule has 0 radical (unpaired) electrons. The maximum atomic E-state index is 5.99. The first kappa shape index (κ1) is 21.2. The molecule has 0 N–H and O–H groups in total. The molecule has 0 fully saturated rings. The van der Waals surface area contributed by atoms with Crippen LogP contribution >= 0.6 is 31.9 Å². The maximum absolute atomic E-state index is 5.99. The van der Waals surface area contributed by atoms with E-state index in [1.807, 2.05) is 6.21 Å². The van der Waals surface area contributed by atoms with Crippen LogP contribution < -0.4 is 4.74 Å². The normalized spacial score (nSPS) is 11.2. The maximum Gasteiger partial charge on any atom is 0.148 e. The molecule has 0 aliphatic heterocycles. The Morgan fingerprint density at radius 3 is 2.27 bits per heavy atom. The molecule has 2 nitrogen and oxygen atoms in total. The van der Waals surface area contributed by atoms with Gasteiger partial charge in [0.05, 0.1) is 8.95 Å². The van der Waals surface area contributed by atoms with Gasteiger partial charge in [0.25, 0.3) is 0 Å². The van der Waals surface area contributed by atoms with E-state index < -0.39 is 0 Å². The molecule has 0 heterocycles. The number of benzene rings is 2. The fourth-order valence-electron chi connectivity index (χ4n) is 2.61. The second kappa shape index (κ2) is 11.6. The predicted octanol–water partition coefficient (Wildman–Crippen LogP) is 7.49. The van der Waals surface area contributed by atoms with E-state index in [0.29, 0.717) is 6.61 Å². The lowest BCUT2D eigenvalue weighted by atomic mass is 10.1. The molecule has 0 bridgehead atoms. The fraction of sp³-hybridized carbons (Fsp3) is 0.409. The van der Waals surface area contributed by atoms with Crippen LogP contribution in [0.4, 0.5) is 0 Å². The summed E-state index contributed by atoms with van der Waals surface area (Å²) in [6.07, 6.45) is 8.30. The van der Waals surface area contributed by atoms with E-state index in [0.717, 1.165) is 38.8 Å². The zero-order valence-electron chi connectivity index (χ0n) is 15.6. The Kier molecular flexibility index (Phi) is 9.41. The van der Waals surface area contributed by atoms with E-state index in [4.69, 9.17) is 4.74 Å². The van der Waals surface area contributed by atoms with Crippen molar-refractivity contribution < 1.29 is 4.74 Å². The number of hydrogen-bond acceptors (Lipinski definition) is 2. The smallest absolute Gasteiger partial charge is 0.148 e. The largest absolute Gasteiger partial charge is 0.487 e. The van der Waals surface area contributed by atoms with E-state index >= 15 is 0 Å². The monoisotopic (exact) mass is 479 g/mol. The van der Waals surface area contributed by atoms with Gasteiger partial charge >= 0.3 is 0 Å². The summed E-state index contributed by atoms with van der Waals surface area (Å²) in [4.78, 5) is 4.55. The van der Waals surface area contributed by atoms with E-state index in [9.17, 15) is 0 Å². The van der Waals surface area contributed by atoms with Crippen molar-refractivity contribution in [3.8, 4) is 5.75 Å². The van der Waals surface area contributed by atoms with Crippen molar-refractivity contribution in [2.24, 2.45) is 4.99 Å². The molecule has 0 unspecified atom stereocenters. The Hall–Kier alpha value is -1.13. The Balaban J connectivity index is 1.89. The van der Waals surface area contributed by atoms with Gasteiger partial charge in [0, 0.05) is 12.8 Å². The van der Waals surface area contributed by atoms with Crippen molar-refractivity contribution >= 4 is 38.1 Å². The Morgan fingerprint density at radius 2 is 1.62 bits per heavy atom. The molecule has 0 aliphatic carbocycles. The van der Waals surface area contributed by atoms with Gasteiger partial charge in [-0.3, -0.25) is 4.99 Å². The van der Waals surface area contributed by atoms with Crippen molar-refractivity contribution in [1.29, 1.82) is 0 Å². The summed E-state index contributed by atoms with van der Waals surface area (Å²) in [5, 5.41) is 0. The highest BCUT2D eigenvalue weighted by molar-refractivity contribution is 9.11. The molecule has 140 valence electrons. The molecule has 0 atom stereocenters. The molecule has 0 spiro atoms. The van der Waals surface area contributed by atoms with Gasteiger partial charge in [-0.05, 0) is 68.5 Å². The van der Waals surface area contributed by atoms with Gasteiger partial charge in [-0.1, -0.05) is 62.4 Å². The van der Waals surface area contributed by atoms with Gasteiger partial charge in [0.2, 0.25) is 0 Å². The molecular formula is C22H27Br2NO. The number of rotatable bonds is 10. The summed E-state index contributed by atoms with van der Waals surface area (Å²) in [5.41, 5.74) is 3.48. The molecule has 2 aromatic rings. The lowest BCUT2D eigenvalue weighted by Gasteiger charge is -2.11. The number of halogens is 2. The lowest BCUT2D eigenvalue weighted by molar-refractivity contribution is 0.302. The summed E-state index contributed by atoms with van der Waals surface area (Å²) in [6, 6.07) is 12.5. The van der Waals surface area contributed by atoms with Crippen molar-refractivity contribution in [1.82, 2.24) is 0 Å². The molecular weight excluding hydrogens is 454 g/mol. The van der Waals surface area contributed by atoms with Gasteiger partial charge in [0.1, 0.15) is 12.4 Å². The standard InChI is InChI=1S/C22H27Br2NO/c1-3-4-5-6-7-12-25-15-19-13-20(23)22(21(24)14-19)26-16-18-10-8-17(2)9-11-18/h8-11,13-15H,3-7,12,16H2,1-2H3. The number of nitrogens with zero attached hydrogens (tertiary/aromatic N) is 1. The minimum Gasteiger partial charge on any atom is -0.487 e. The number of ether oxygens (including phenoxy) is 1. The third kappa shape index (κ3) is 7.24. The highest BCUT2D eigenvalue weighted by Crippen LogP contribution is 2.35.